The molecule has 1 N–H and O–H groups in total. The summed E-state index contributed by atoms with van der Waals surface area (Å²) >= 11 is 1.04. The third-order valence-corrected chi connectivity index (χ3v) is 7.95. The SMILES string of the molecule is Cc1cc2c(cc1C(c1ccc(N(C)C)cc1)n1c(O)csc1=O)C(C)(C)CCC2(C)C. The molecule has 0 bridgehead atoms. The van der Waals surface area contributed by atoms with Crippen LogP contribution in [-0.2, 0) is 10.8 Å². The summed E-state index contributed by atoms with van der Waals surface area (Å²) in [6.45, 7) is 11.4. The van der Waals surface area contributed by atoms with Gasteiger partial charge in [0.15, 0.2) is 0 Å². The Morgan fingerprint density at radius 3 is 2.06 bits per heavy atom. The van der Waals surface area contributed by atoms with Crippen molar-refractivity contribution in [3.63, 3.8) is 0 Å². The minimum atomic E-state index is -0.379. The molecule has 3 aromatic rings. The van der Waals surface area contributed by atoms with Crippen molar-refractivity contribution in [3.8, 4) is 5.88 Å². The van der Waals surface area contributed by atoms with Crippen LogP contribution in [0.3, 0.4) is 0 Å². The van der Waals surface area contributed by atoms with Crippen molar-refractivity contribution < 1.29 is 5.11 Å². The Labute approximate surface area is 195 Å². The van der Waals surface area contributed by atoms with Gasteiger partial charge in [0.05, 0.1) is 11.4 Å². The molecule has 1 aliphatic rings. The number of anilines is 1. The lowest BCUT2D eigenvalue weighted by Crippen LogP contribution is -2.34. The van der Waals surface area contributed by atoms with Gasteiger partial charge in [0.1, 0.15) is 0 Å². The molecule has 32 heavy (non-hydrogen) atoms. The number of benzene rings is 2. The minimum Gasteiger partial charge on any atom is -0.494 e. The zero-order valence-corrected chi connectivity index (χ0v) is 21.0. The highest BCUT2D eigenvalue weighted by molar-refractivity contribution is 7.07. The van der Waals surface area contributed by atoms with Gasteiger partial charge in [0.25, 0.3) is 0 Å². The van der Waals surface area contributed by atoms with Crippen LogP contribution in [0.4, 0.5) is 5.69 Å². The number of nitrogens with zero attached hydrogens (tertiary/aromatic N) is 2. The van der Waals surface area contributed by atoms with E-state index in [9.17, 15) is 9.90 Å². The van der Waals surface area contributed by atoms with E-state index < -0.39 is 0 Å². The Kier molecular flexibility index (Phi) is 5.52. The summed E-state index contributed by atoms with van der Waals surface area (Å²) < 4.78 is 1.53. The average molecular weight is 451 g/mol. The second-order valence-corrected chi connectivity index (χ2v) is 11.5. The molecule has 170 valence electrons. The lowest BCUT2D eigenvalue weighted by Gasteiger charge is -2.43. The van der Waals surface area contributed by atoms with Crippen LogP contribution in [0.5, 0.6) is 5.88 Å². The molecule has 1 heterocycles. The Morgan fingerprint density at radius 1 is 1.00 bits per heavy atom. The van der Waals surface area contributed by atoms with E-state index in [1.807, 2.05) is 14.1 Å². The van der Waals surface area contributed by atoms with Crippen LogP contribution in [0.1, 0.15) is 74.4 Å². The molecule has 1 aliphatic carbocycles. The summed E-state index contributed by atoms with van der Waals surface area (Å²) in [4.78, 5) is 14.8. The highest BCUT2D eigenvalue weighted by Crippen LogP contribution is 2.48. The first-order valence-corrected chi connectivity index (χ1v) is 12.1. The zero-order valence-electron chi connectivity index (χ0n) is 20.2. The molecular weight excluding hydrogens is 416 g/mol. The van der Waals surface area contributed by atoms with E-state index in [-0.39, 0.29) is 27.6 Å². The first-order chi connectivity index (χ1) is 14.9. The Bertz CT molecular complexity index is 1200. The summed E-state index contributed by atoms with van der Waals surface area (Å²) in [5.74, 6) is 0.0124. The molecule has 4 nitrogen and oxygen atoms in total. The molecule has 0 radical (unpaired) electrons. The van der Waals surface area contributed by atoms with Crippen LogP contribution in [0, 0.1) is 6.92 Å². The van der Waals surface area contributed by atoms with Crippen LogP contribution in [0.25, 0.3) is 0 Å². The Morgan fingerprint density at radius 2 is 1.56 bits per heavy atom. The molecule has 0 fully saturated rings. The third kappa shape index (κ3) is 3.77. The predicted molar refractivity (Wildman–Crippen MR) is 135 cm³/mol. The van der Waals surface area contributed by atoms with Gasteiger partial charge in [-0.2, -0.15) is 0 Å². The fourth-order valence-corrected chi connectivity index (χ4v) is 5.64. The third-order valence-electron chi connectivity index (χ3n) is 7.23. The summed E-state index contributed by atoms with van der Waals surface area (Å²) in [7, 11) is 4.03. The maximum atomic E-state index is 12.8. The lowest BCUT2D eigenvalue weighted by molar-refractivity contribution is 0.331. The first-order valence-electron chi connectivity index (χ1n) is 11.2. The quantitative estimate of drug-likeness (QED) is 0.532. The molecule has 2 aromatic carbocycles. The monoisotopic (exact) mass is 450 g/mol. The standard InChI is InChI=1S/C27H34N2O2S/c1-17-14-21-22(27(4,5)13-12-26(21,2)3)15-20(17)24(29-23(30)16-32-25(29)31)18-8-10-19(11-9-18)28(6)7/h8-11,14-16,24,30H,12-13H2,1-7H3. The lowest BCUT2D eigenvalue weighted by atomic mass is 9.62. The summed E-state index contributed by atoms with van der Waals surface area (Å²) in [5, 5.41) is 12.2. The van der Waals surface area contributed by atoms with Crippen molar-refractivity contribution >= 4 is 17.0 Å². The molecule has 1 unspecified atom stereocenters. The molecule has 1 atom stereocenters. The van der Waals surface area contributed by atoms with E-state index in [4.69, 9.17) is 0 Å². The molecule has 0 spiro atoms. The topological polar surface area (TPSA) is 45.5 Å². The fraction of sp³-hybridized carbons (Fsp3) is 0.444. The van der Waals surface area contributed by atoms with E-state index in [2.05, 4.69) is 75.9 Å². The number of fused-ring (bicyclic) bond motifs is 1. The number of aromatic nitrogens is 1. The molecule has 0 aliphatic heterocycles. The maximum absolute atomic E-state index is 12.8. The van der Waals surface area contributed by atoms with Crippen molar-refractivity contribution in [1.29, 1.82) is 0 Å². The predicted octanol–water partition coefficient (Wildman–Crippen LogP) is 5.98. The van der Waals surface area contributed by atoms with Crippen LogP contribution in [-0.4, -0.2) is 23.8 Å². The normalized spacial score (nSPS) is 17.6. The Hall–Kier alpha value is -2.53. The molecule has 0 saturated heterocycles. The average Bonchev–Trinajstić information content (AvgIpc) is 3.05. The van der Waals surface area contributed by atoms with Crippen molar-refractivity contribution in [1.82, 2.24) is 4.57 Å². The van der Waals surface area contributed by atoms with Gasteiger partial charge in [-0.05, 0) is 70.5 Å². The van der Waals surface area contributed by atoms with Crippen LogP contribution in [0.15, 0.2) is 46.6 Å². The molecule has 0 amide bonds. The van der Waals surface area contributed by atoms with Crippen LogP contribution in [0.2, 0.25) is 0 Å². The fourth-order valence-electron chi connectivity index (χ4n) is 5.00. The molecule has 1 aromatic heterocycles. The van der Waals surface area contributed by atoms with Crippen molar-refractivity contribution in [2.24, 2.45) is 0 Å². The Balaban J connectivity index is 1.98. The second kappa shape index (κ2) is 7.80. The van der Waals surface area contributed by atoms with Crippen molar-refractivity contribution in [2.45, 2.75) is 64.3 Å². The van der Waals surface area contributed by atoms with E-state index >= 15 is 0 Å². The van der Waals surface area contributed by atoms with E-state index in [0.29, 0.717) is 0 Å². The highest BCUT2D eigenvalue weighted by atomic mass is 32.1. The molecular formula is C27H34N2O2S. The van der Waals surface area contributed by atoms with Gasteiger partial charge in [0, 0.05) is 19.8 Å². The summed E-state index contributed by atoms with van der Waals surface area (Å²) in [6.07, 6.45) is 2.29. The van der Waals surface area contributed by atoms with Gasteiger partial charge in [-0.3, -0.25) is 9.36 Å². The number of rotatable bonds is 4. The summed E-state index contributed by atoms with van der Waals surface area (Å²) in [6, 6.07) is 12.5. The molecule has 0 saturated carbocycles. The second-order valence-electron chi connectivity index (χ2n) is 10.6. The van der Waals surface area contributed by atoms with Gasteiger partial charge >= 0.3 is 4.87 Å². The van der Waals surface area contributed by atoms with E-state index in [1.165, 1.54) is 21.1 Å². The first kappa shape index (κ1) is 22.7. The number of aryl methyl sites for hydroxylation is 1. The van der Waals surface area contributed by atoms with Gasteiger partial charge in [-0.15, -0.1) is 0 Å². The maximum Gasteiger partial charge on any atom is 0.310 e. The van der Waals surface area contributed by atoms with Gasteiger partial charge < -0.3 is 10.0 Å². The van der Waals surface area contributed by atoms with E-state index in [1.54, 1.807) is 0 Å². The minimum absolute atomic E-state index is 0.0124. The number of hydrogen-bond donors (Lipinski definition) is 1. The van der Waals surface area contributed by atoms with Crippen LogP contribution >= 0.6 is 11.3 Å². The van der Waals surface area contributed by atoms with Gasteiger partial charge in [0.2, 0.25) is 5.88 Å². The van der Waals surface area contributed by atoms with Gasteiger partial charge in [-0.1, -0.05) is 63.3 Å². The van der Waals surface area contributed by atoms with Crippen LogP contribution < -0.4 is 9.77 Å². The number of hydrogen-bond acceptors (Lipinski definition) is 4. The number of aromatic hydroxyl groups is 1. The molecule has 5 heteroatoms. The molecule has 4 rings (SSSR count). The van der Waals surface area contributed by atoms with Crippen molar-refractivity contribution in [2.75, 3.05) is 19.0 Å². The largest absolute Gasteiger partial charge is 0.494 e. The summed E-state index contributed by atoms with van der Waals surface area (Å²) in [5.41, 5.74) is 7.25. The van der Waals surface area contributed by atoms with E-state index in [0.717, 1.165) is 46.6 Å². The smallest absolute Gasteiger partial charge is 0.310 e. The highest BCUT2D eigenvalue weighted by Gasteiger charge is 2.38. The zero-order chi connectivity index (χ0) is 23.4. The number of thiazole rings is 1. The van der Waals surface area contributed by atoms with Gasteiger partial charge in [-0.25, -0.2) is 0 Å². The van der Waals surface area contributed by atoms with Crippen molar-refractivity contribution in [3.05, 3.63) is 79.3 Å².